The van der Waals surface area contributed by atoms with Gasteiger partial charge in [0.1, 0.15) is 24.5 Å². The molecule has 2 aromatic carbocycles. The zero-order valence-corrected chi connectivity index (χ0v) is 18.5. The minimum absolute atomic E-state index is 0. The number of hydrogen-bond acceptors (Lipinski definition) is 1. The molecule has 0 saturated heterocycles. The van der Waals surface area contributed by atoms with Crippen LogP contribution in [0.15, 0.2) is 48.5 Å². The van der Waals surface area contributed by atoms with Gasteiger partial charge < -0.3 is 17.0 Å². The summed E-state index contributed by atoms with van der Waals surface area (Å²) >= 11 is 0. The Bertz CT molecular complexity index is 794. The summed E-state index contributed by atoms with van der Waals surface area (Å²) in [5, 5.41) is 0. The first-order valence-corrected chi connectivity index (χ1v) is 9.25. The largest absolute Gasteiger partial charge is 1.00 e. The average molecular weight is 415 g/mol. The third-order valence-corrected chi connectivity index (χ3v) is 4.90. The maximum atomic E-state index is 2.40. The van der Waals surface area contributed by atoms with Crippen LogP contribution in [0.25, 0.3) is 0 Å². The number of rotatable bonds is 2. The van der Waals surface area contributed by atoms with Gasteiger partial charge in [-0.15, -0.1) is 0 Å². The predicted molar refractivity (Wildman–Crippen MR) is 108 cm³/mol. The minimum atomic E-state index is 0. The molecular weight excluding hydrogens is 384 g/mol. The average Bonchev–Trinajstić information content (AvgIpc) is 3.03. The summed E-state index contributed by atoms with van der Waals surface area (Å²) in [6.45, 7) is 15.8. The summed E-state index contributed by atoms with van der Waals surface area (Å²) in [7, 11) is 0. The van der Waals surface area contributed by atoms with Crippen molar-refractivity contribution >= 4 is 17.7 Å². The summed E-state index contributed by atoms with van der Waals surface area (Å²) in [6.07, 6.45) is 2.29. The lowest BCUT2D eigenvalue weighted by Gasteiger charge is -2.23. The topological polar surface area (TPSA) is 6.25 Å². The van der Waals surface area contributed by atoms with Gasteiger partial charge >= 0.3 is 0 Å². The highest BCUT2D eigenvalue weighted by atomic mass is 79.9. The lowest BCUT2D eigenvalue weighted by atomic mass is 9.85. The number of nitrogens with zero attached hydrogens (tertiary/aromatic N) is 2. The Labute approximate surface area is 169 Å². The monoisotopic (exact) mass is 414 g/mol. The lowest BCUT2D eigenvalue weighted by molar-refractivity contribution is -0.424. The molecule has 0 amide bonds. The van der Waals surface area contributed by atoms with Crippen molar-refractivity contribution in [2.45, 2.75) is 52.4 Å². The van der Waals surface area contributed by atoms with Crippen molar-refractivity contribution in [1.29, 1.82) is 0 Å². The van der Waals surface area contributed by atoms with Crippen molar-refractivity contribution in [3.8, 4) is 0 Å². The molecule has 0 aromatic heterocycles. The molecule has 2 nitrogen and oxygen atoms in total. The number of halogens is 1. The fourth-order valence-electron chi connectivity index (χ4n) is 3.58. The first kappa shape index (κ1) is 20.7. The predicted octanol–water partition coefficient (Wildman–Crippen LogP) is 2.48. The van der Waals surface area contributed by atoms with E-state index >= 15 is 0 Å². The van der Waals surface area contributed by atoms with E-state index in [0.717, 1.165) is 13.1 Å². The molecule has 1 aliphatic heterocycles. The van der Waals surface area contributed by atoms with Crippen LogP contribution in [0.1, 0.15) is 52.7 Å². The van der Waals surface area contributed by atoms with Gasteiger partial charge in [0.15, 0.2) is 0 Å². The number of benzene rings is 2. The van der Waals surface area contributed by atoms with Gasteiger partial charge in [-0.25, -0.2) is 9.48 Å². The Morgan fingerprint density at radius 1 is 0.769 bits per heavy atom. The van der Waals surface area contributed by atoms with Crippen LogP contribution in [-0.4, -0.2) is 24.0 Å². The molecule has 0 N–H and O–H groups in total. The molecule has 0 bridgehead atoms. The van der Waals surface area contributed by atoms with Crippen LogP contribution in [0, 0.1) is 0 Å². The molecule has 0 atom stereocenters. The summed E-state index contributed by atoms with van der Waals surface area (Å²) in [5.41, 5.74) is 5.73. The Kier molecular flexibility index (Phi) is 6.02. The molecular formula is C23H31BrN2. The highest BCUT2D eigenvalue weighted by Gasteiger charge is 2.30. The molecule has 0 unspecified atom stereocenters. The quantitative estimate of drug-likeness (QED) is 0.684. The van der Waals surface area contributed by atoms with E-state index in [4.69, 9.17) is 0 Å². The minimum Gasteiger partial charge on any atom is -1.00 e. The van der Waals surface area contributed by atoms with E-state index in [0.29, 0.717) is 0 Å². The van der Waals surface area contributed by atoms with Gasteiger partial charge in [0, 0.05) is 11.1 Å². The summed E-state index contributed by atoms with van der Waals surface area (Å²) < 4.78 is 2.40. The smallest absolute Gasteiger partial charge is 0.244 e. The Hall–Kier alpha value is -1.61. The second-order valence-electron chi connectivity index (χ2n) is 9.04. The summed E-state index contributed by atoms with van der Waals surface area (Å²) in [6, 6.07) is 17.6. The second kappa shape index (κ2) is 7.56. The lowest BCUT2D eigenvalue weighted by Crippen LogP contribution is -3.00. The van der Waals surface area contributed by atoms with Gasteiger partial charge in [-0.1, -0.05) is 77.9 Å². The number of para-hydroxylation sites is 2. The number of hydrogen-bond donors (Lipinski definition) is 0. The molecule has 0 saturated carbocycles. The van der Waals surface area contributed by atoms with Gasteiger partial charge in [-0.05, 0) is 23.0 Å². The van der Waals surface area contributed by atoms with Crippen molar-refractivity contribution in [3.05, 3.63) is 59.7 Å². The maximum Gasteiger partial charge on any atom is 0.244 e. The van der Waals surface area contributed by atoms with Crippen molar-refractivity contribution in [3.63, 3.8) is 0 Å². The zero-order chi connectivity index (χ0) is 18.2. The first-order valence-electron chi connectivity index (χ1n) is 9.25. The highest BCUT2D eigenvalue weighted by molar-refractivity contribution is 5.80. The van der Waals surface area contributed by atoms with Crippen LogP contribution >= 0.6 is 0 Å². The Morgan fingerprint density at radius 3 is 1.92 bits per heavy atom. The second-order valence-corrected chi connectivity index (χ2v) is 9.04. The van der Waals surface area contributed by atoms with Crippen molar-refractivity contribution < 1.29 is 21.6 Å². The van der Waals surface area contributed by atoms with Crippen LogP contribution in [0.5, 0.6) is 0 Å². The molecule has 0 aliphatic carbocycles. The van der Waals surface area contributed by atoms with E-state index in [1.807, 2.05) is 0 Å². The van der Waals surface area contributed by atoms with Gasteiger partial charge in [0.25, 0.3) is 0 Å². The molecule has 3 heteroatoms. The standard InChI is InChI=1S/C23H31N2.BrH/c1-22(2,3)18-11-7-9-13-20(18)24-15-16-25(17-24)21-14-10-8-12-19(21)23(4,5)6;/h7-14,17H,15-16H2,1-6H3;1H/q+1;/p-1. The van der Waals surface area contributed by atoms with Crippen LogP contribution < -0.4 is 21.9 Å². The summed E-state index contributed by atoms with van der Waals surface area (Å²) in [5.74, 6) is 0. The third-order valence-electron chi connectivity index (χ3n) is 4.90. The molecule has 2 aromatic rings. The Balaban J connectivity index is 0.00000243. The highest BCUT2D eigenvalue weighted by Crippen LogP contribution is 2.34. The molecule has 1 aliphatic rings. The molecule has 1 heterocycles. The van der Waals surface area contributed by atoms with Gasteiger partial charge in [-0.3, -0.25) is 0 Å². The zero-order valence-electron chi connectivity index (χ0n) is 16.9. The van der Waals surface area contributed by atoms with Crippen LogP contribution in [0.3, 0.4) is 0 Å². The van der Waals surface area contributed by atoms with Crippen LogP contribution in [0.4, 0.5) is 11.4 Å². The first-order chi connectivity index (χ1) is 11.7. The number of anilines is 1. The SMILES string of the molecule is CC(C)(C)c1ccccc1N1C=[N+](c2ccccc2C(C)(C)C)CC1.[Br-]. The van der Waals surface area contributed by atoms with Gasteiger partial charge in [0.2, 0.25) is 6.34 Å². The molecule has 140 valence electrons. The van der Waals surface area contributed by atoms with Crippen LogP contribution in [-0.2, 0) is 10.8 Å². The fourth-order valence-corrected chi connectivity index (χ4v) is 3.58. The summed E-state index contributed by atoms with van der Waals surface area (Å²) in [4.78, 5) is 2.40. The maximum absolute atomic E-state index is 2.40. The molecule has 0 radical (unpaired) electrons. The molecule has 0 spiro atoms. The van der Waals surface area contributed by atoms with Crippen molar-refractivity contribution in [2.24, 2.45) is 0 Å². The Morgan fingerprint density at radius 2 is 1.31 bits per heavy atom. The van der Waals surface area contributed by atoms with E-state index in [-0.39, 0.29) is 27.8 Å². The normalized spacial score (nSPS) is 14.8. The molecule has 26 heavy (non-hydrogen) atoms. The van der Waals surface area contributed by atoms with E-state index in [1.165, 1.54) is 22.5 Å². The van der Waals surface area contributed by atoms with Gasteiger partial charge in [-0.2, -0.15) is 0 Å². The van der Waals surface area contributed by atoms with E-state index in [9.17, 15) is 0 Å². The van der Waals surface area contributed by atoms with Crippen molar-refractivity contribution in [1.82, 2.24) is 0 Å². The molecule has 3 rings (SSSR count). The van der Waals surface area contributed by atoms with Gasteiger partial charge in [0.05, 0.1) is 0 Å². The fraction of sp³-hybridized carbons (Fsp3) is 0.435. The van der Waals surface area contributed by atoms with E-state index in [1.54, 1.807) is 0 Å². The van der Waals surface area contributed by atoms with E-state index < -0.39 is 0 Å². The molecule has 0 fully saturated rings. The van der Waals surface area contributed by atoms with E-state index in [2.05, 4.69) is 106 Å². The third kappa shape index (κ3) is 4.20. The van der Waals surface area contributed by atoms with Crippen LogP contribution in [0.2, 0.25) is 0 Å². The van der Waals surface area contributed by atoms with Crippen molar-refractivity contribution in [2.75, 3.05) is 18.0 Å².